The number of aryl methyl sites for hydroxylation is 1. The SMILES string of the molecule is CCCN(CCO)C(=O)Nc1c(C)cccc1C(C)C. The second kappa shape index (κ2) is 7.90. The van der Waals surface area contributed by atoms with Crippen molar-refractivity contribution >= 4 is 11.7 Å². The molecule has 2 amide bonds. The first kappa shape index (κ1) is 16.5. The standard InChI is InChI=1S/C16H26N2O2/c1-5-9-18(10-11-19)16(20)17-15-13(4)7-6-8-14(15)12(2)3/h6-8,12,19H,5,9-11H2,1-4H3,(H,17,20). The van der Waals surface area contributed by atoms with E-state index in [2.05, 4.69) is 19.2 Å². The highest BCUT2D eigenvalue weighted by atomic mass is 16.3. The van der Waals surface area contributed by atoms with Crippen LogP contribution in [0.25, 0.3) is 0 Å². The molecule has 0 atom stereocenters. The molecule has 1 aromatic carbocycles. The van der Waals surface area contributed by atoms with Gasteiger partial charge in [0.15, 0.2) is 0 Å². The van der Waals surface area contributed by atoms with Crippen LogP contribution in [0.4, 0.5) is 10.5 Å². The number of rotatable bonds is 6. The molecular weight excluding hydrogens is 252 g/mol. The molecule has 1 aromatic rings. The summed E-state index contributed by atoms with van der Waals surface area (Å²) in [5.74, 6) is 0.350. The van der Waals surface area contributed by atoms with Crippen molar-refractivity contribution in [1.29, 1.82) is 0 Å². The van der Waals surface area contributed by atoms with Crippen molar-refractivity contribution in [1.82, 2.24) is 4.90 Å². The molecule has 0 bridgehead atoms. The molecule has 4 nitrogen and oxygen atoms in total. The highest BCUT2D eigenvalue weighted by Gasteiger charge is 2.16. The average molecular weight is 278 g/mol. The van der Waals surface area contributed by atoms with Crippen molar-refractivity contribution in [2.45, 2.75) is 40.0 Å². The zero-order valence-corrected chi connectivity index (χ0v) is 12.9. The lowest BCUT2D eigenvalue weighted by atomic mass is 9.98. The van der Waals surface area contributed by atoms with Crippen LogP contribution in [-0.4, -0.2) is 35.7 Å². The maximum atomic E-state index is 12.3. The van der Waals surface area contributed by atoms with E-state index in [1.54, 1.807) is 4.90 Å². The third-order valence-corrected chi connectivity index (χ3v) is 3.31. The van der Waals surface area contributed by atoms with Crippen LogP contribution >= 0.6 is 0 Å². The molecule has 0 saturated carbocycles. The Hall–Kier alpha value is -1.55. The minimum Gasteiger partial charge on any atom is -0.395 e. The summed E-state index contributed by atoms with van der Waals surface area (Å²) >= 11 is 0. The molecule has 0 aromatic heterocycles. The number of carbonyl (C=O) groups excluding carboxylic acids is 1. The van der Waals surface area contributed by atoms with Crippen LogP contribution in [0, 0.1) is 6.92 Å². The number of aliphatic hydroxyl groups excluding tert-OH is 1. The lowest BCUT2D eigenvalue weighted by Crippen LogP contribution is -2.38. The highest BCUT2D eigenvalue weighted by molar-refractivity contribution is 5.91. The summed E-state index contributed by atoms with van der Waals surface area (Å²) < 4.78 is 0. The van der Waals surface area contributed by atoms with Gasteiger partial charge < -0.3 is 15.3 Å². The number of para-hydroxylation sites is 1. The predicted molar refractivity (Wildman–Crippen MR) is 83.2 cm³/mol. The lowest BCUT2D eigenvalue weighted by molar-refractivity contribution is 0.188. The van der Waals surface area contributed by atoms with E-state index in [-0.39, 0.29) is 12.6 Å². The maximum Gasteiger partial charge on any atom is 0.321 e. The van der Waals surface area contributed by atoms with Gasteiger partial charge in [0.2, 0.25) is 0 Å². The third kappa shape index (κ3) is 4.23. The summed E-state index contributed by atoms with van der Waals surface area (Å²) in [7, 11) is 0. The fraction of sp³-hybridized carbons (Fsp3) is 0.562. The van der Waals surface area contributed by atoms with Crippen molar-refractivity contribution in [2.75, 3.05) is 25.0 Å². The maximum absolute atomic E-state index is 12.3. The van der Waals surface area contributed by atoms with Crippen molar-refractivity contribution in [3.05, 3.63) is 29.3 Å². The Morgan fingerprint density at radius 3 is 2.60 bits per heavy atom. The number of aliphatic hydroxyl groups is 1. The summed E-state index contributed by atoms with van der Waals surface area (Å²) in [6, 6.07) is 5.91. The monoisotopic (exact) mass is 278 g/mol. The van der Waals surface area contributed by atoms with Gasteiger partial charge in [0.25, 0.3) is 0 Å². The fourth-order valence-electron chi connectivity index (χ4n) is 2.23. The van der Waals surface area contributed by atoms with Crippen LogP contribution in [0.2, 0.25) is 0 Å². The molecule has 0 aliphatic carbocycles. The Kier molecular flexibility index (Phi) is 6.52. The zero-order chi connectivity index (χ0) is 15.1. The van der Waals surface area contributed by atoms with Crippen molar-refractivity contribution < 1.29 is 9.90 Å². The topological polar surface area (TPSA) is 52.6 Å². The van der Waals surface area contributed by atoms with Crippen LogP contribution in [0.15, 0.2) is 18.2 Å². The number of carbonyl (C=O) groups is 1. The number of urea groups is 1. The van der Waals surface area contributed by atoms with E-state index in [9.17, 15) is 4.79 Å². The summed E-state index contributed by atoms with van der Waals surface area (Å²) in [5, 5.41) is 12.1. The molecule has 112 valence electrons. The number of amides is 2. The first-order valence-electron chi connectivity index (χ1n) is 7.27. The molecule has 1 rings (SSSR count). The minimum absolute atomic E-state index is 0.0156. The molecule has 0 fully saturated rings. The third-order valence-electron chi connectivity index (χ3n) is 3.31. The Balaban J connectivity index is 2.94. The van der Waals surface area contributed by atoms with Gasteiger partial charge in [-0.1, -0.05) is 39.0 Å². The van der Waals surface area contributed by atoms with Gasteiger partial charge in [0.05, 0.1) is 6.61 Å². The molecule has 0 aliphatic rings. The van der Waals surface area contributed by atoms with E-state index in [1.165, 1.54) is 0 Å². The van der Waals surface area contributed by atoms with Gasteiger partial charge in [0.1, 0.15) is 0 Å². The Labute approximate surface area is 121 Å². The van der Waals surface area contributed by atoms with Crippen LogP contribution < -0.4 is 5.32 Å². The number of nitrogens with zero attached hydrogens (tertiary/aromatic N) is 1. The molecule has 0 heterocycles. The van der Waals surface area contributed by atoms with Gasteiger partial charge in [0, 0.05) is 18.8 Å². The fourth-order valence-corrected chi connectivity index (χ4v) is 2.23. The van der Waals surface area contributed by atoms with Gasteiger partial charge >= 0.3 is 6.03 Å². The van der Waals surface area contributed by atoms with Crippen molar-refractivity contribution in [3.8, 4) is 0 Å². The number of hydrogen-bond donors (Lipinski definition) is 2. The molecule has 0 radical (unpaired) electrons. The summed E-state index contributed by atoms with van der Waals surface area (Å²) in [5.41, 5.74) is 3.09. The van der Waals surface area contributed by atoms with Gasteiger partial charge in [-0.05, 0) is 30.4 Å². The van der Waals surface area contributed by atoms with Gasteiger partial charge in [-0.3, -0.25) is 0 Å². The normalized spacial score (nSPS) is 10.7. The quantitative estimate of drug-likeness (QED) is 0.838. The van der Waals surface area contributed by atoms with Crippen molar-refractivity contribution in [2.24, 2.45) is 0 Å². The molecule has 0 unspecified atom stereocenters. The van der Waals surface area contributed by atoms with E-state index in [0.29, 0.717) is 19.0 Å². The van der Waals surface area contributed by atoms with E-state index in [0.717, 1.165) is 23.2 Å². The van der Waals surface area contributed by atoms with Gasteiger partial charge in [-0.15, -0.1) is 0 Å². The van der Waals surface area contributed by atoms with Gasteiger partial charge in [-0.25, -0.2) is 4.79 Å². The average Bonchev–Trinajstić information content (AvgIpc) is 2.40. The van der Waals surface area contributed by atoms with E-state index >= 15 is 0 Å². The smallest absolute Gasteiger partial charge is 0.321 e. The number of hydrogen-bond acceptors (Lipinski definition) is 2. The first-order chi connectivity index (χ1) is 9.51. The molecule has 20 heavy (non-hydrogen) atoms. The molecule has 0 aliphatic heterocycles. The second-order valence-electron chi connectivity index (χ2n) is 5.33. The minimum atomic E-state index is -0.142. The van der Waals surface area contributed by atoms with Crippen LogP contribution in [0.5, 0.6) is 0 Å². The number of benzene rings is 1. The number of nitrogens with one attached hydrogen (secondary N) is 1. The largest absolute Gasteiger partial charge is 0.395 e. The highest BCUT2D eigenvalue weighted by Crippen LogP contribution is 2.27. The van der Waals surface area contributed by atoms with Crippen LogP contribution in [0.3, 0.4) is 0 Å². The molecule has 0 saturated heterocycles. The van der Waals surface area contributed by atoms with Crippen LogP contribution in [-0.2, 0) is 0 Å². The Morgan fingerprint density at radius 2 is 2.05 bits per heavy atom. The van der Waals surface area contributed by atoms with E-state index < -0.39 is 0 Å². The summed E-state index contributed by atoms with van der Waals surface area (Å²) in [6.45, 7) is 9.24. The molecule has 2 N–H and O–H groups in total. The summed E-state index contributed by atoms with van der Waals surface area (Å²) in [4.78, 5) is 14.0. The first-order valence-corrected chi connectivity index (χ1v) is 7.27. The second-order valence-corrected chi connectivity index (χ2v) is 5.33. The molecular formula is C16H26N2O2. The lowest BCUT2D eigenvalue weighted by Gasteiger charge is -2.24. The van der Waals surface area contributed by atoms with E-state index in [1.807, 2.05) is 32.0 Å². The molecule has 0 spiro atoms. The zero-order valence-electron chi connectivity index (χ0n) is 12.9. The Morgan fingerprint density at radius 1 is 1.35 bits per heavy atom. The van der Waals surface area contributed by atoms with Crippen molar-refractivity contribution in [3.63, 3.8) is 0 Å². The van der Waals surface area contributed by atoms with Crippen LogP contribution in [0.1, 0.15) is 44.2 Å². The van der Waals surface area contributed by atoms with Gasteiger partial charge in [-0.2, -0.15) is 0 Å². The summed E-state index contributed by atoms with van der Waals surface area (Å²) in [6.07, 6.45) is 0.873. The number of anilines is 1. The predicted octanol–water partition coefficient (Wildman–Crippen LogP) is 3.35. The Bertz CT molecular complexity index is 438. The molecule has 4 heteroatoms. The van der Waals surface area contributed by atoms with E-state index in [4.69, 9.17) is 5.11 Å².